The summed E-state index contributed by atoms with van der Waals surface area (Å²) in [5.41, 5.74) is 3.59. The predicted molar refractivity (Wildman–Crippen MR) is 67.4 cm³/mol. The van der Waals surface area contributed by atoms with E-state index in [4.69, 9.17) is 0 Å². The lowest BCUT2D eigenvalue weighted by Crippen LogP contribution is -1.94. The Hall–Kier alpha value is -1.64. The van der Waals surface area contributed by atoms with Crippen LogP contribution in [0.4, 0.5) is 4.39 Å². The van der Waals surface area contributed by atoms with Gasteiger partial charge in [0.05, 0.1) is 5.69 Å². The van der Waals surface area contributed by atoms with Crippen LogP contribution in [0.15, 0.2) is 24.4 Å². The van der Waals surface area contributed by atoms with Gasteiger partial charge in [-0.05, 0) is 30.0 Å². The number of rotatable bonds is 2. The molecule has 0 spiro atoms. The van der Waals surface area contributed by atoms with Crippen LogP contribution in [-0.2, 0) is 7.05 Å². The summed E-state index contributed by atoms with van der Waals surface area (Å²) in [4.78, 5) is 0. The molecule has 0 N–H and O–H groups in total. The fourth-order valence-corrected chi connectivity index (χ4v) is 1.91. The molecule has 0 aliphatic rings. The number of halogens is 1. The molecule has 3 heteroatoms. The minimum absolute atomic E-state index is 0.166. The summed E-state index contributed by atoms with van der Waals surface area (Å²) < 4.78 is 15.4. The molecule has 2 rings (SSSR count). The molecular weight excluding hydrogens is 215 g/mol. The Balaban J connectivity index is 2.55. The zero-order valence-corrected chi connectivity index (χ0v) is 10.7. The number of nitrogens with zero attached hydrogens (tertiary/aromatic N) is 2. The third-order valence-corrected chi connectivity index (χ3v) is 2.89. The average molecular weight is 232 g/mol. The molecule has 0 radical (unpaired) electrons. The fraction of sp³-hybridized carbons (Fsp3) is 0.357. The molecule has 90 valence electrons. The number of hydrogen-bond acceptors (Lipinski definition) is 1. The van der Waals surface area contributed by atoms with Gasteiger partial charge in [-0.1, -0.05) is 26.0 Å². The van der Waals surface area contributed by atoms with Crippen LogP contribution in [0.1, 0.15) is 31.0 Å². The average Bonchev–Trinajstić information content (AvgIpc) is 2.64. The number of benzene rings is 1. The molecule has 0 aliphatic carbocycles. The van der Waals surface area contributed by atoms with Gasteiger partial charge in [-0.2, -0.15) is 5.10 Å². The summed E-state index contributed by atoms with van der Waals surface area (Å²) in [6.45, 7) is 5.96. The molecule has 2 aromatic rings. The van der Waals surface area contributed by atoms with E-state index in [9.17, 15) is 4.39 Å². The van der Waals surface area contributed by atoms with Crippen LogP contribution >= 0.6 is 0 Å². The Morgan fingerprint density at radius 1 is 1.29 bits per heavy atom. The van der Waals surface area contributed by atoms with Crippen LogP contribution in [-0.4, -0.2) is 9.78 Å². The van der Waals surface area contributed by atoms with Crippen LogP contribution in [0.3, 0.4) is 0 Å². The third-order valence-electron chi connectivity index (χ3n) is 2.89. The van der Waals surface area contributed by atoms with Gasteiger partial charge in [0, 0.05) is 18.8 Å². The maximum absolute atomic E-state index is 13.6. The van der Waals surface area contributed by atoms with Gasteiger partial charge in [0.15, 0.2) is 0 Å². The molecule has 1 heterocycles. The standard InChI is InChI=1S/C14H17FN2/c1-9(2)14-12(8-17(4)16-14)11-6-5-10(3)13(15)7-11/h5-9H,1-4H3. The third kappa shape index (κ3) is 2.23. The Morgan fingerprint density at radius 2 is 2.00 bits per heavy atom. The SMILES string of the molecule is Cc1ccc(-c2cn(C)nc2C(C)C)cc1F. The number of hydrogen-bond donors (Lipinski definition) is 0. The smallest absolute Gasteiger partial charge is 0.126 e. The topological polar surface area (TPSA) is 17.8 Å². The van der Waals surface area contributed by atoms with E-state index in [0.29, 0.717) is 11.5 Å². The Labute approximate surface area is 101 Å². The second-order valence-electron chi connectivity index (χ2n) is 4.72. The van der Waals surface area contributed by atoms with E-state index < -0.39 is 0 Å². The van der Waals surface area contributed by atoms with Crippen LogP contribution in [0.5, 0.6) is 0 Å². The van der Waals surface area contributed by atoms with Crippen molar-refractivity contribution in [2.45, 2.75) is 26.7 Å². The highest BCUT2D eigenvalue weighted by Gasteiger charge is 2.13. The molecule has 0 atom stereocenters. The largest absolute Gasteiger partial charge is 0.275 e. The van der Waals surface area contributed by atoms with Crippen molar-refractivity contribution in [1.29, 1.82) is 0 Å². The van der Waals surface area contributed by atoms with E-state index in [1.807, 2.05) is 25.4 Å². The number of aryl methyl sites for hydroxylation is 2. The van der Waals surface area contributed by atoms with Gasteiger partial charge < -0.3 is 0 Å². The lowest BCUT2D eigenvalue weighted by atomic mass is 9.99. The molecule has 1 aromatic heterocycles. The molecule has 0 saturated heterocycles. The molecule has 1 aromatic carbocycles. The van der Waals surface area contributed by atoms with Crippen molar-refractivity contribution in [3.8, 4) is 11.1 Å². The molecule has 17 heavy (non-hydrogen) atoms. The van der Waals surface area contributed by atoms with Crippen molar-refractivity contribution in [3.63, 3.8) is 0 Å². The van der Waals surface area contributed by atoms with Crippen LogP contribution in [0.25, 0.3) is 11.1 Å². The van der Waals surface area contributed by atoms with Gasteiger partial charge in [0.25, 0.3) is 0 Å². The summed E-state index contributed by atoms with van der Waals surface area (Å²) in [7, 11) is 1.89. The first-order chi connectivity index (χ1) is 7.99. The zero-order valence-electron chi connectivity index (χ0n) is 10.7. The quantitative estimate of drug-likeness (QED) is 0.772. The minimum Gasteiger partial charge on any atom is -0.275 e. The van der Waals surface area contributed by atoms with E-state index in [1.165, 1.54) is 0 Å². The second-order valence-corrected chi connectivity index (χ2v) is 4.72. The van der Waals surface area contributed by atoms with E-state index in [-0.39, 0.29) is 5.82 Å². The highest BCUT2D eigenvalue weighted by Crippen LogP contribution is 2.28. The lowest BCUT2D eigenvalue weighted by Gasteiger charge is -2.06. The molecule has 0 fully saturated rings. The second kappa shape index (κ2) is 4.32. The summed E-state index contributed by atoms with van der Waals surface area (Å²) >= 11 is 0. The minimum atomic E-state index is -0.166. The molecule has 0 saturated carbocycles. The van der Waals surface area contributed by atoms with Crippen molar-refractivity contribution in [3.05, 3.63) is 41.5 Å². The highest BCUT2D eigenvalue weighted by molar-refractivity contribution is 5.66. The first kappa shape index (κ1) is 11.8. The summed E-state index contributed by atoms with van der Waals surface area (Å²) in [6.07, 6.45) is 1.94. The summed E-state index contributed by atoms with van der Waals surface area (Å²) in [6, 6.07) is 5.33. The molecule has 2 nitrogen and oxygen atoms in total. The summed E-state index contributed by atoms with van der Waals surface area (Å²) in [5.74, 6) is 0.164. The van der Waals surface area contributed by atoms with Gasteiger partial charge >= 0.3 is 0 Å². The molecule has 0 aliphatic heterocycles. The van der Waals surface area contributed by atoms with Crippen LogP contribution < -0.4 is 0 Å². The predicted octanol–water partition coefficient (Wildman–Crippen LogP) is 3.66. The van der Waals surface area contributed by atoms with Crippen molar-refractivity contribution in [2.75, 3.05) is 0 Å². The first-order valence-corrected chi connectivity index (χ1v) is 5.79. The van der Waals surface area contributed by atoms with Crippen molar-refractivity contribution in [1.82, 2.24) is 9.78 Å². The molecular formula is C14H17FN2. The Bertz CT molecular complexity index is 541. The van der Waals surface area contributed by atoms with E-state index in [0.717, 1.165) is 16.8 Å². The Kier molecular flexibility index (Phi) is 3.01. The fourth-order valence-electron chi connectivity index (χ4n) is 1.91. The van der Waals surface area contributed by atoms with Crippen LogP contribution in [0, 0.1) is 12.7 Å². The first-order valence-electron chi connectivity index (χ1n) is 5.79. The van der Waals surface area contributed by atoms with Crippen molar-refractivity contribution < 1.29 is 4.39 Å². The van der Waals surface area contributed by atoms with Gasteiger partial charge in [0.2, 0.25) is 0 Å². The van der Waals surface area contributed by atoms with Gasteiger partial charge in [-0.25, -0.2) is 4.39 Å². The van der Waals surface area contributed by atoms with Crippen LogP contribution in [0.2, 0.25) is 0 Å². The van der Waals surface area contributed by atoms with E-state index >= 15 is 0 Å². The molecule has 0 unspecified atom stereocenters. The van der Waals surface area contributed by atoms with Gasteiger partial charge in [-0.3, -0.25) is 4.68 Å². The Morgan fingerprint density at radius 3 is 2.59 bits per heavy atom. The summed E-state index contributed by atoms with van der Waals surface area (Å²) in [5, 5.41) is 4.43. The maximum atomic E-state index is 13.6. The lowest BCUT2D eigenvalue weighted by molar-refractivity contribution is 0.619. The van der Waals surface area contributed by atoms with E-state index in [2.05, 4.69) is 18.9 Å². The van der Waals surface area contributed by atoms with E-state index in [1.54, 1.807) is 17.7 Å². The maximum Gasteiger partial charge on any atom is 0.126 e. The van der Waals surface area contributed by atoms with Gasteiger partial charge in [-0.15, -0.1) is 0 Å². The van der Waals surface area contributed by atoms with Crippen molar-refractivity contribution in [2.24, 2.45) is 7.05 Å². The monoisotopic (exact) mass is 232 g/mol. The van der Waals surface area contributed by atoms with Gasteiger partial charge in [0.1, 0.15) is 5.82 Å². The molecule has 0 amide bonds. The zero-order chi connectivity index (χ0) is 12.6. The highest BCUT2D eigenvalue weighted by atomic mass is 19.1. The number of aromatic nitrogens is 2. The van der Waals surface area contributed by atoms with Crippen molar-refractivity contribution >= 4 is 0 Å². The normalized spacial score (nSPS) is 11.2. The molecule has 0 bridgehead atoms.